The third-order valence-electron chi connectivity index (χ3n) is 3.65. The molecular formula is C18H14BrClN4O2. The van der Waals surface area contributed by atoms with Crippen molar-refractivity contribution in [2.24, 2.45) is 5.10 Å². The van der Waals surface area contributed by atoms with Gasteiger partial charge in [-0.25, -0.2) is 10.1 Å². The molecule has 132 valence electrons. The molecule has 3 rings (SSSR count). The number of H-pyrrole nitrogens is 1. The van der Waals surface area contributed by atoms with Gasteiger partial charge in [0.05, 0.1) is 17.5 Å². The number of amides is 1. The highest BCUT2D eigenvalue weighted by atomic mass is 79.9. The van der Waals surface area contributed by atoms with Gasteiger partial charge in [-0.1, -0.05) is 33.6 Å². The van der Waals surface area contributed by atoms with Crippen LogP contribution in [-0.4, -0.2) is 21.9 Å². The molecule has 6 nitrogen and oxygen atoms in total. The minimum absolute atomic E-state index is 0.286. The molecule has 0 aliphatic heterocycles. The van der Waals surface area contributed by atoms with Crippen molar-refractivity contribution in [1.29, 1.82) is 0 Å². The molecule has 0 fully saturated rings. The van der Waals surface area contributed by atoms with Crippen LogP contribution in [0.5, 0.6) is 0 Å². The van der Waals surface area contributed by atoms with Gasteiger partial charge in [0.2, 0.25) is 0 Å². The number of hydrogen-bond acceptors (Lipinski definition) is 3. The SMILES string of the molecule is Cc1[nH]n(-c2cccc(Cl)c2)c(=O)c1C=NNC(=O)c1ccc(Br)cc1. The van der Waals surface area contributed by atoms with Gasteiger partial charge < -0.3 is 0 Å². The highest BCUT2D eigenvalue weighted by Gasteiger charge is 2.11. The monoisotopic (exact) mass is 432 g/mol. The largest absolute Gasteiger partial charge is 0.295 e. The summed E-state index contributed by atoms with van der Waals surface area (Å²) < 4.78 is 2.25. The molecule has 1 amide bonds. The number of carbonyl (C=O) groups is 1. The number of halogens is 2. The Kier molecular flexibility index (Phi) is 5.39. The fraction of sp³-hybridized carbons (Fsp3) is 0.0556. The summed E-state index contributed by atoms with van der Waals surface area (Å²) in [6.07, 6.45) is 1.33. The van der Waals surface area contributed by atoms with Crippen LogP contribution in [0.1, 0.15) is 21.6 Å². The van der Waals surface area contributed by atoms with Gasteiger partial charge in [-0.15, -0.1) is 0 Å². The van der Waals surface area contributed by atoms with Crippen LogP contribution >= 0.6 is 27.5 Å². The second kappa shape index (κ2) is 7.72. The predicted octanol–water partition coefficient (Wildman–Crippen LogP) is 3.65. The van der Waals surface area contributed by atoms with Crippen molar-refractivity contribution in [2.45, 2.75) is 6.92 Å². The molecule has 0 bridgehead atoms. The molecule has 0 atom stereocenters. The van der Waals surface area contributed by atoms with Crippen molar-refractivity contribution in [3.63, 3.8) is 0 Å². The summed E-state index contributed by atoms with van der Waals surface area (Å²) in [5.74, 6) is -0.364. The Hall–Kier alpha value is -2.64. The van der Waals surface area contributed by atoms with Crippen LogP contribution in [0.2, 0.25) is 5.02 Å². The first-order valence-electron chi connectivity index (χ1n) is 7.62. The van der Waals surface area contributed by atoms with Gasteiger partial charge in [0.25, 0.3) is 11.5 Å². The standard InChI is InChI=1S/C18H14BrClN4O2/c1-11-16(10-21-22-17(25)12-5-7-13(19)8-6-12)18(26)24(23-11)15-4-2-3-14(20)9-15/h2-10,23H,1H3,(H,22,25). The Morgan fingerprint density at radius 3 is 2.69 bits per heavy atom. The van der Waals surface area contributed by atoms with Crippen LogP contribution in [-0.2, 0) is 0 Å². The lowest BCUT2D eigenvalue weighted by Gasteiger charge is -2.01. The van der Waals surface area contributed by atoms with Gasteiger partial charge in [0.15, 0.2) is 0 Å². The van der Waals surface area contributed by atoms with Gasteiger partial charge in [0.1, 0.15) is 0 Å². The van der Waals surface area contributed by atoms with E-state index < -0.39 is 0 Å². The third-order valence-corrected chi connectivity index (χ3v) is 4.41. The molecule has 0 aliphatic carbocycles. The van der Waals surface area contributed by atoms with Crippen molar-refractivity contribution in [3.8, 4) is 5.69 Å². The highest BCUT2D eigenvalue weighted by molar-refractivity contribution is 9.10. The van der Waals surface area contributed by atoms with Crippen molar-refractivity contribution < 1.29 is 4.79 Å². The maximum atomic E-state index is 12.6. The normalized spacial score (nSPS) is 11.0. The summed E-state index contributed by atoms with van der Waals surface area (Å²) in [5.41, 5.74) is 4.18. The molecular weight excluding hydrogens is 420 g/mol. The van der Waals surface area contributed by atoms with Crippen molar-refractivity contribution >= 4 is 39.7 Å². The maximum Gasteiger partial charge on any atom is 0.280 e. The summed E-state index contributed by atoms with van der Waals surface area (Å²) in [7, 11) is 0. The van der Waals surface area contributed by atoms with E-state index in [1.165, 1.54) is 10.9 Å². The molecule has 26 heavy (non-hydrogen) atoms. The summed E-state index contributed by atoms with van der Waals surface area (Å²) in [6, 6.07) is 13.8. The fourth-order valence-electron chi connectivity index (χ4n) is 2.33. The zero-order valence-corrected chi connectivity index (χ0v) is 16.0. The van der Waals surface area contributed by atoms with Crippen LogP contribution in [0.4, 0.5) is 0 Å². The number of aromatic nitrogens is 2. The predicted molar refractivity (Wildman–Crippen MR) is 105 cm³/mol. The Labute approximate surface area is 162 Å². The van der Waals surface area contributed by atoms with Crippen molar-refractivity contribution in [2.75, 3.05) is 0 Å². The Morgan fingerprint density at radius 2 is 2.00 bits per heavy atom. The van der Waals surface area contributed by atoms with E-state index >= 15 is 0 Å². The first-order valence-corrected chi connectivity index (χ1v) is 8.79. The van der Waals surface area contributed by atoms with E-state index in [-0.39, 0.29) is 11.5 Å². The zero-order valence-electron chi connectivity index (χ0n) is 13.7. The third kappa shape index (κ3) is 3.95. The van der Waals surface area contributed by atoms with Gasteiger partial charge in [-0.2, -0.15) is 5.10 Å². The Morgan fingerprint density at radius 1 is 1.27 bits per heavy atom. The molecule has 3 aromatic rings. The molecule has 8 heteroatoms. The number of rotatable bonds is 4. The molecule has 0 aliphatic rings. The number of aryl methyl sites for hydroxylation is 1. The molecule has 0 saturated carbocycles. The quantitative estimate of drug-likeness (QED) is 0.486. The average Bonchev–Trinajstić information content (AvgIpc) is 2.90. The van der Waals surface area contributed by atoms with Gasteiger partial charge in [-0.05, 0) is 49.4 Å². The minimum atomic E-state index is -0.364. The van der Waals surface area contributed by atoms with Crippen LogP contribution < -0.4 is 11.0 Å². The second-order valence-corrected chi connectivity index (χ2v) is 6.83. The van der Waals surface area contributed by atoms with Gasteiger partial charge in [-0.3, -0.25) is 14.7 Å². The van der Waals surface area contributed by atoms with Gasteiger partial charge in [0, 0.05) is 20.8 Å². The van der Waals surface area contributed by atoms with E-state index in [9.17, 15) is 9.59 Å². The molecule has 0 spiro atoms. The number of carbonyl (C=O) groups excluding carboxylic acids is 1. The van der Waals surface area contributed by atoms with E-state index in [1.54, 1.807) is 55.5 Å². The lowest BCUT2D eigenvalue weighted by Crippen LogP contribution is -2.20. The minimum Gasteiger partial charge on any atom is -0.295 e. The van der Waals surface area contributed by atoms with E-state index in [4.69, 9.17) is 11.6 Å². The van der Waals surface area contributed by atoms with E-state index in [1.807, 2.05) is 0 Å². The highest BCUT2D eigenvalue weighted by Crippen LogP contribution is 2.13. The number of hydrogen-bond donors (Lipinski definition) is 2. The molecule has 0 saturated heterocycles. The van der Waals surface area contributed by atoms with Crippen LogP contribution in [0.15, 0.2) is 62.9 Å². The number of benzene rings is 2. The second-order valence-electron chi connectivity index (χ2n) is 5.48. The van der Waals surface area contributed by atoms with E-state index in [2.05, 4.69) is 31.6 Å². The maximum absolute atomic E-state index is 12.6. The molecule has 1 heterocycles. The molecule has 2 N–H and O–H groups in total. The fourth-order valence-corrected chi connectivity index (χ4v) is 2.78. The first kappa shape index (κ1) is 18.2. The number of nitrogens with zero attached hydrogens (tertiary/aromatic N) is 2. The Balaban J connectivity index is 1.80. The topological polar surface area (TPSA) is 79.2 Å². The summed E-state index contributed by atoms with van der Waals surface area (Å²) in [4.78, 5) is 24.6. The summed E-state index contributed by atoms with van der Waals surface area (Å²) in [6.45, 7) is 1.75. The number of nitrogens with one attached hydrogen (secondary N) is 2. The smallest absolute Gasteiger partial charge is 0.280 e. The van der Waals surface area contributed by atoms with Crippen LogP contribution in [0.25, 0.3) is 5.69 Å². The molecule has 0 unspecified atom stereocenters. The van der Waals surface area contributed by atoms with Crippen LogP contribution in [0.3, 0.4) is 0 Å². The van der Waals surface area contributed by atoms with Gasteiger partial charge >= 0.3 is 0 Å². The number of hydrazone groups is 1. The van der Waals surface area contributed by atoms with Crippen LogP contribution in [0, 0.1) is 6.92 Å². The average molecular weight is 434 g/mol. The number of aromatic amines is 1. The molecule has 0 radical (unpaired) electrons. The van der Waals surface area contributed by atoms with Crippen molar-refractivity contribution in [3.05, 3.63) is 85.2 Å². The zero-order chi connectivity index (χ0) is 18.7. The molecule has 1 aromatic heterocycles. The van der Waals surface area contributed by atoms with Crippen molar-refractivity contribution in [1.82, 2.24) is 15.2 Å². The molecule has 2 aromatic carbocycles. The lowest BCUT2D eigenvalue weighted by molar-refractivity contribution is 0.0955. The lowest BCUT2D eigenvalue weighted by atomic mass is 10.2. The van der Waals surface area contributed by atoms with E-state index in [0.717, 1.165) is 4.47 Å². The van der Waals surface area contributed by atoms with E-state index in [0.29, 0.717) is 27.5 Å². The summed E-state index contributed by atoms with van der Waals surface area (Å²) in [5, 5.41) is 7.39. The summed E-state index contributed by atoms with van der Waals surface area (Å²) >= 11 is 9.28. The first-order chi connectivity index (χ1) is 12.5. The Bertz CT molecular complexity index is 1040.